The number of hydrogen-bond acceptors (Lipinski definition) is 16. The third kappa shape index (κ3) is 17.2. The molecule has 0 radical (unpaired) electrons. The van der Waals surface area contributed by atoms with E-state index in [-0.39, 0.29) is 46.5 Å². The second-order valence-corrected chi connectivity index (χ2v) is 20.7. The van der Waals surface area contributed by atoms with Gasteiger partial charge in [-0.05, 0) is 77.8 Å². The number of carbonyl (C=O) groups is 3. The number of pyridine rings is 3. The van der Waals surface area contributed by atoms with E-state index in [4.69, 9.17) is 18.9 Å². The Hall–Kier alpha value is -11.7. The van der Waals surface area contributed by atoms with Crippen molar-refractivity contribution in [2.75, 3.05) is 47.8 Å². The molecule has 94 heavy (non-hydrogen) atoms. The fourth-order valence-electron chi connectivity index (χ4n) is 10.1. The number of rotatable bonds is 21. The number of aromatic nitrogens is 9. The van der Waals surface area contributed by atoms with Crippen LogP contribution >= 0.6 is 0 Å². The van der Waals surface area contributed by atoms with Gasteiger partial charge in [0.2, 0.25) is 5.88 Å². The summed E-state index contributed by atoms with van der Waals surface area (Å²) in [7, 11) is 4.90. The molecule has 12 rings (SSSR count). The molecule has 6 aromatic carbocycles. The normalized spacial score (nSPS) is 11.0. The second-order valence-electron chi connectivity index (χ2n) is 20.7. The summed E-state index contributed by atoms with van der Waals surface area (Å²) in [5.41, 5.74) is 8.82. The number of carbonyl (C=O) groups excluding carboxylic acids is 3. The molecule has 0 aliphatic carbocycles. The van der Waals surface area contributed by atoms with Crippen LogP contribution in [-0.4, -0.2) is 110 Å². The van der Waals surface area contributed by atoms with Crippen molar-refractivity contribution in [2.45, 2.75) is 19.9 Å². The molecule has 1 N–H and O–H groups in total. The van der Waals surface area contributed by atoms with Crippen molar-refractivity contribution in [1.29, 1.82) is 0 Å². The van der Waals surface area contributed by atoms with Gasteiger partial charge >= 0.3 is 0 Å². The van der Waals surface area contributed by atoms with Crippen molar-refractivity contribution < 1.29 is 33.3 Å². The summed E-state index contributed by atoms with van der Waals surface area (Å²) >= 11 is 0. The van der Waals surface area contributed by atoms with E-state index in [9.17, 15) is 24.0 Å². The predicted molar refractivity (Wildman–Crippen MR) is 368 cm³/mol. The molecule has 0 fully saturated rings. The van der Waals surface area contributed by atoms with E-state index in [1.807, 2.05) is 164 Å². The van der Waals surface area contributed by atoms with Crippen LogP contribution in [0.15, 0.2) is 248 Å². The Labute approximate surface area is 542 Å². The molecule has 6 heterocycles. The highest BCUT2D eigenvalue weighted by molar-refractivity contribution is 6.18. The average Bonchev–Trinajstić information content (AvgIpc) is 0.763. The van der Waals surface area contributed by atoms with Gasteiger partial charge in [0, 0.05) is 127 Å². The molecule has 0 saturated carbocycles. The number of fused-ring (bicyclic) bond motifs is 3. The monoisotopic (exact) mass is 1250 g/mol. The van der Waals surface area contributed by atoms with Gasteiger partial charge in [-0.3, -0.25) is 24.0 Å². The van der Waals surface area contributed by atoms with Crippen molar-refractivity contribution >= 4 is 68.3 Å². The van der Waals surface area contributed by atoms with Crippen LogP contribution in [0.4, 0.5) is 0 Å². The number of nitrogens with one attached hydrogen (secondary N) is 1. The molecule has 0 aliphatic rings. The number of nitrogens with zero attached hydrogens (tertiary/aromatic N) is 8. The highest BCUT2D eigenvalue weighted by Crippen LogP contribution is 2.38. The molecule has 12 aromatic rings. The Morgan fingerprint density at radius 3 is 1.35 bits per heavy atom. The molecule has 0 saturated heterocycles. The summed E-state index contributed by atoms with van der Waals surface area (Å²) in [4.78, 5) is 97.2. The molecular formula is C76H67N9O9. The van der Waals surface area contributed by atoms with Crippen LogP contribution in [0.1, 0.15) is 61.1 Å². The first-order valence-electron chi connectivity index (χ1n) is 30.0. The summed E-state index contributed by atoms with van der Waals surface area (Å²) in [5.74, 6) is -0.670. The van der Waals surface area contributed by atoms with Gasteiger partial charge in [-0.1, -0.05) is 153 Å². The van der Waals surface area contributed by atoms with Gasteiger partial charge in [0.25, 0.3) is 11.1 Å². The number of ether oxygens (including phenoxy) is 4. The van der Waals surface area contributed by atoms with Gasteiger partial charge in [0.05, 0.1) is 40.9 Å². The van der Waals surface area contributed by atoms with E-state index in [0.717, 1.165) is 68.0 Å². The lowest BCUT2D eigenvalue weighted by Gasteiger charge is -2.17. The second kappa shape index (κ2) is 34.5. The molecule has 0 aliphatic heterocycles. The number of methoxy groups -OCH3 is 3. The van der Waals surface area contributed by atoms with Crippen molar-refractivity contribution in [3.05, 3.63) is 292 Å². The number of aromatic amines is 1. The molecule has 0 unspecified atom stereocenters. The minimum Gasteiger partial charge on any atom is -0.475 e. The average molecular weight is 1250 g/mol. The topological polar surface area (TPSA) is 233 Å². The van der Waals surface area contributed by atoms with E-state index in [1.165, 1.54) is 37.2 Å². The predicted octanol–water partition coefficient (Wildman–Crippen LogP) is 13.5. The fraction of sp³-hybridized carbons (Fsp3) is 0.132. The first-order valence-corrected chi connectivity index (χ1v) is 30.0. The van der Waals surface area contributed by atoms with E-state index < -0.39 is 5.56 Å². The molecule has 0 bridgehead atoms. The fourth-order valence-corrected chi connectivity index (χ4v) is 10.1. The van der Waals surface area contributed by atoms with Gasteiger partial charge in [-0.15, -0.1) is 0 Å². The van der Waals surface area contributed by atoms with Crippen molar-refractivity contribution in [1.82, 2.24) is 44.4 Å². The summed E-state index contributed by atoms with van der Waals surface area (Å²) in [6.45, 7) is 4.36. The van der Waals surface area contributed by atoms with Gasteiger partial charge < -0.3 is 28.5 Å². The van der Waals surface area contributed by atoms with Crippen molar-refractivity contribution in [3.63, 3.8) is 0 Å². The van der Waals surface area contributed by atoms with E-state index in [0.29, 0.717) is 53.1 Å². The van der Waals surface area contributed by atoms with Crippen molar-refractivity contribution in [2.24, 2.45) is 0 Å². The summed E-state index contributed by atoms with van der Waals surface area (Å²) in [5, 5.41) is 2.54. The van der Waals surface area contributed by atoms with Crippen LogP contribution in [0, 0.1) is 0 Å². The zero-order chi connectivity index (χ0) is 65.9. The van der Waals surface area contributed by atoms with Crippen molar-refractivity contribution in [3.8, 4) is 39.3 Å². The molecule has 470 valence electrons. The first kappa shape index (κ1) is 66.7. The third-order valence-corrected chi connectivity index (χ3v) is 14.4. The van der Waals surface area contributed by atoms with E-state index in [2.05, 4.69) is 46.8 Å². The highest BCUT2D eigenvalue weighted by atomic mass is 16.5. The van der Waals surface area contributed by atoms with Crippen LogP contribution in [0.2, 0.25) is 0 Å². The van der Waals surface area contributed by atoms with Crippen LogP contribution < -0.4 is 15.9 Å². The maximum Gasteiger partial charge on any atom is 0.262 e. The third-order valence-electron chi connectivity index (χ3n) is 14.4. The maximum absolute atomic E-state index is 13.6. The lowest BCUT2D eigenvalue weighted by atomic mass is 9.93. The van der Waals surface area contributed by atoms with Gasteiger partial charge in [0.15, 0.2) is 17.3 Å². The largest absolute Gasteiger partial charge is 0.475 e. The highest BCUT2D eigenvalue weighted by Gasteiger charge is 2.25. The minimum atomic E-state index is -0.411. The Morgan fingerprint density at radius 2 is 0.862 bits per heavy atom. The van der Waals surface area contributed by atoms with Crippen LogP contribution in [0.5, 0.6) is 5.88 Å². The zero-order valence-corrected chi connectivity index (χ0v) is 52.2. The number of ketones is 3. The number of para-hydroxylation sites is 3. The lowest BCUT2D eigenvalue weighted by Crippen LogP contribution is -2.29. The molecule has 18 heteroatoms. The van der Waals surface area contributed by atoms with Gasteiger partial charge in [0.1, 0.15) is 25.6 Å². The number of H-pyrrole nitrogens is 1. The van der Waals surface area contributed by atoms with Crippen LogP contribution in [0.25, 0.3) is 84.3 Å². The minimum absolute atomic E-state index is 0.119. The molecule has 6 aromatic heterocycles. The van der Waals surface area contributed by atoms with Gasteiger partial charge in [-0.25, -0.2) is 34.9 Å². The Kier molecular flexibility index (Phi) is 24.5. The Morgan fingerprint density at radius 1 is 0.447 bits per heavy atom. The van der Waals surface area contributed by atoms with Gasteiger partial charge in [-0.2, -0.15) is 0 Å². The summed E-state index contributed by atoms with van der Waals surface area (Å²) in [6.07, 6.45) is 24.3. The first-order chi connectivity index (χ1) is 46.1. The molecule has 18 nitrogen and oxygen atoms in total. The van der Waals surface area contributed by atoms with E-state index >= 15 is 0 Å². The quantitative estimate of drug-likeness (QED) is 0.0400. The van der Waals surface area contributed by atoms with Crippen LogP contribution in [-0.2, 0) is 20.8 Å². The van der Waals surface area contributed by atoms with Crippen LogP contribution in [0.3, 0.4) is 0 Å². The number of benzene rings is 6. The molecule has 0 amide bonds. The smallest absolute Gasteiger partial charge is 0.262 e. The Balaban J connectivity index is 0.000000160. The molecule has 0 spiro atoms. The molecule has 0 atom stereocenters. The zero-order valence-electron chi connectivity index (χ0n) is 52.2. The van der Waals surface area contributed by atoms with E-state index in [1.54, 1.807) is 81.3 Å². The number of hydrogen-bond donors (Lipinski definition) is 1. The summed E-state index contributed by atoms with van der Waals surface area (Å²) < 4.78 is 22.5. The standard InChI is InChI=1S/2C25H21N3O3.C22H15N3O2.C4H10O/c1-30-13-14-31-25-24(22(29)12-11-18-15-26-17-27-16-18)23(19-7-3-2-4-8-19)20-9-5-6-10-21(20)28-25;1-31-14-13-28-21-10-6-5-9-20(21)23(19-7-3-2-4-8-19)24(25(28)30)22(29)12-11-18-15-26-17-27-16-18;26-19(11-10-15-12-23-14-24-13-15)21-20(16-6-2-1-3-7-16)17-8-4-5-9-18(17)25-22(21)27;1-3-4-5-2/h2*2-12,15-17H,13-14H2,1H3;1-14H,(H,25,27);3-4H2,1-2H3/b2*12-11+;11-10+;. The lowest BCUT2D eigenvalue weighted by molar-refractivity contribution is 0.103. The Bertz CT molecular complexity index is 4700. The SMILES string of the molecule is CCCOC.COCCOc1nc2ccccc2c(-c2ccccc2)c1C(=O)/C=C/c1cncnc1.COCCn1c(=O)c(C(=O)/C=C/c2cncnc2)c(-c2ccccc2)c2ccccc21.O=C(/C=C/c1cncnc1)c1c(-c2ccccc2)c2ccccc2[nH]c1=O. The number of allylic oxidation sites excluding steroid dienone is 3. The maximum atomic E-state index is 13.6. The summed E-state index contributed by atoms with van der Waals surface area (Å²) in [6, 6.07) is 51.6. The molecular weight excluding hydrogens is 1180 g/mol.